The number of aryl methyl sites for hydroxylation is 1. The first-order valence-electron chi connectivity index (χ1n) is 6.83. The maximum atomic E-state index is 13.2. The van der Waals surface area contributed by atoms with Gasteiger partial charge in [-0.2, -0.15) is 0 Å². The number of nitrogens with one attached hydrogen (secondary N) is 2. The lowest BCUT2D eigenvalue weighted by atomic mass is 10.0. The highest BCUT2D eigenvalue weighted by molar-refractivity contribution is 5.72. The summed E-state index contributed by atoms with van der Waals surface area (Å²) in [6.07, 6.45) is 0.462. The topological polar surface area (TPSA) is 78.4 Å². The zero-order valence-electron chi connectivity index (χ0n) is 12.3. The second-order valence-corrected chi connectivity index (χ2v) is 5.02. The molecule has 0 bridgehead atoms. The van der Waals surface area contributed by atoms with Crippen LogP contribution in [0.4, 0.5) is 4.39 Å². The summed E-state index contributed by atoms with van der Waals surface area (Å²) >= 11 is 0. The first kappa shape index (κ1) is 17.1. The summed E-state index contributed by atoms with van der Waals surface area (Å²) in [6.45, 7) is 4.02. The van der Waals surface area contributed by atoms with Gasteiger partial charge in [0.25, 0.3) is 0 Å². The van der Waals surface area contributed by atoms with E-state index in [0.717, 1.165) is 5.56 Å². The van der Waals surface area contributed by atoms with E-state index in [1.165, 1.54) is 13.0 Å². The number of aliphatic carboxylic acids is 1. The SMILES string of the molecule is CC(=O)NCCNC(CC(=O)O)Cc1ccc(F)c(C)c1. The van der Waals surface area contributed by atoms with E-state index >= 15 is 0 Å². The quantitative estimate of drug-likeness (QED) is 0.631. The van der Waals surface area contributed by atoms with Crippen molar-refractivity contribution in [1.29, 1.82) is 0 Å². The monoisotopic (exact) mass is 296 g/mol. The number of rotatable bonds is 8. The molecule has 3 N–H and O–H groups in total. The van der Waals surface area contributed by atoms with Gasteiger partial charge in [0, 0.05) is 26.1 Å². The minimum atomic E-state index is -0.897. The Bertz CT molecular complexity index is 506. The molecular formula is C15H21FN2O3. The van der Waals surface area contributed by atoms with Gasteiger partial charge in [-0.25, -0.2) is 4.39 Å². The van der Waals surface area contributed by atoms with Crippen LogP contribution in [0, 0.1) is 12.7 Å². The number of hydrogen-bond acceptors (Lipinski definition) is 3. The maximum Gasteiger partial charge on any atom is 0.304 e. The van der Waals surface area contributed by atoms with Crippen molar-refractivity contribution in [3.63, 3.8) is 0 Å². The molecule has 0 radical (unpaired) electrons. The molecule has 1 atom stereocenters. The molecule has 0 fully saturated rings. The van der Waals surface area contributed by atoms with Gasteiger partial charge in [0.15, 0.2) is 0 Å². The first-order chi connectivity index (χ1) is 9.88. The van der Waals surface area contributed by atoms with Crippen LogP contribution in [0.1, 0.15) is 24.5 Å². The highest BCUT2D eigenvalue weighted by Gasteiger charge is 2.14. The summed E-state index contributed by atoms with van der Waals surface area (Å²) in [6, 6.07) is 4.51. The van der Waals surface area contributed by atoms with Crippen molar-refractivity contribution in [3.8, 4) is 0 Å². The number of carboxylic acids is 1. The number of carbonyl (C=O) groups is 2. The molecule has 21 heavy (non-hydrogen) atoms. The van der Waals surface area contributed by atoms with Gasteiger partial charge < -0.3 is 15.7 Å². The molecule has 0 aliphatic heterocycles. The fourth-order valence-corrected chi connectivity index (χ4v) is 2.06. The van der Waals surface area contributed by atoms with Gasteiger partial charge >= 0.3 is 5.97 Å². The van der Waals surface area contributed by atoms with E-state index in [2.05, 4.69) is 10.6 Å². The van der Waals surface area contributed by atoms with Crippen LogP contribution in [0.15, 0.2) is 18.2 Å². The van der Waals surface area contributed by atoms with Crippen molar-refractivity contribution in [2.24, 2.45) is 0 Å². The molecule has 1 amide bonds. The second kappa shape index (κ2) is 8.36. The first-order valence-corrected chi connectivity index (χ1v) is 6.83. The third-order valence-corrected chi connectivity index (χ3v) is 3.06. The zero-order valence-corrected chi connectivity index (χ0v) is 12.3. The molecule has 1 aromatic rings. The predicted molar refractivity (Wildman–Crippen MR) is 77.6 cm³/mol. The molecule has 0 saturated heterocycles. The Hall–Kier alpha value is -1.95. The minimum absolute atomic E-state index is 0.0313. The Morgan fingerprint density at radius 1 is 1.33 bits per heavy atom. The van der Waals surface area contributed by atoms with Gasteiger partial charge in [-0.3, -0.25) is 9.59 Å². The summed E-state index contributed by atoms with van der Waals surface area (Å²) in [5, 5.41) is 14.7. The summed E-state index contributed by atoms with van der Waals surface area (Å²) in [5.41, 5.74) is 1.42. The third kappa shape index (κ3) is 6.85. The number of halogens is 1. The van der Waals surface area contributed by atoms with Crippen LogP contribution in [0.5, 0.6) is 0 Å². The van der Waals surface area contributed by atoms with E-state index in [-0.39, 0.29) is 24.2 Å². The fraction of sp³-hybridized carbons (Fsp3) is 0.467. The van der Waals surface area contributed by atoms with Crippen molar-refractivity contribution < 1.29 is 19.1 Å². The maximum absolute atomic E-state index is 13.2. The fourth-order valence-electron chi connectivity index (χ4n) is 2.06. The Kier molecular flexibility index (Phi) is 6.81. The molecule has 6 heteroatoms. The van der Waals surface area contributed by atoms with Crippen molar-refractivity contribution in [1.82, 2.24) is 10.6 Å². The molecule has 5 nitrogen and oxygen atoms in total. The Morgan fingerprint density at radius 3 is 2.62 bits per heavy atom. The molecule has 1 unspecified atom stereocenters. The van der Waals surface area contributed by atoms with Crippen molar-refractivity contribution in [2.45, 2.75) is 32.7 Å². The third-order valence-electron chi connectivity index (χ3n) is 3.06. The molecule has 1 aromatic carbocycles. The summed E-state index contributed by atoms with van der Waals surface area (Å²) in [5.74, 6) is -1.29. The Labute approximate surface area is 123 Å². The highest BCUT2D eigenvalue weighted by Crippen LogP contribution is 2.12. The van der Waals surface area contributed by atoms with Crippen LogP contribution in [0.2, 0.25) is 0 Å². The van der Waals surface area contributed by atoms with Crippen LogP contribution in [0.3, 0.4) is 0 Å². The van der Waals surface area contributed by atoms with Crippen molar-refractivity contribution in [3.05, 3.63) is 35.1 Å². The molecule has 0 aromatic heterocycles. The van der Waals surface area contributed by atoms with Crippen molar-refractivity contribution >= 4 is 11.9 Å². The largest absolute Gasteiger partial charge is 0.481 e. The number of benzene rings is 1. The summed E-state index contributed by atoms with van der Waals surface area (Å²) in [4.78, 5) is 21.7. The van der Waals surface area contributed by atoms with E-state index in [4.69, 9.17) is 5.11 Å². The smallest absolute Gasteiger partial charge is 0.304 e. The van der Waals surface area contributed by atoms with E-state index < -0.39 is 5.97 Å². The lowest BCUT2D eigenvalue weighted by Crippen LogP contribution is -2.38. The molecule has 1 rings (SSSR count). The van der Waals surface area contributed by atoms with Crippen LogP contribution >= 0.6 is 0 Å². The number of hydrogen-bond donors (Lipinski definition) is 3. The lowest BCUT2D eigenvalue weighted by molar-refractivity contribution is -0.137. The number of carbonyl (C=O) groups excluding carboxylic acids is 1. The minimum Gasteiger partial charge on any atom is -0.481 e. The average molecular weight is 296 g/mol. The van der Waals surface area contributed by atoms with E-state index in [0.29, 0.717) is 25.1 Å². The van der Waals surface area contributed by atoms with Gasteiger partial charge in [-0.15, -0.1) is 0 Å². The van der Waals surface area contributed by atoms with Gasteiger partial charge in [0.05, 0.1) is 6.42 Å². The lowest BCUT2D eigenvalue weighted by Gasteiger charge is -2.17. The molecule has 0 heterocycles. The Balaban J connectivity index is 2.57. The molecule has 0 aliphatic rings. The molecule has 0 saturated carbocycles. The second-order valence-electron chi connectivity index (χ2n) is 5.02. The van der Waals surface area contributed by atoms with Crippen LogP contribution in [0.25, 0.3) is 0 Å². The zero-order chi connectivity index (χ0) is 15.8. The van der Waals surface area contributed by atoms with Crippen molar-refractivity contribution in [2.75, 3.05) is 13.1 Å². The van der Waals surface area contributed by atoms with Gasteiger partial charge in [0.1, 0.15) is 5.82 Å². The van der Waals surface area contributed by atoms with E-state index in [9.17, 15) is 14.0 Å². The van der Waals surface area contributed by atoms with Gasteiger partial charge in [0.2, 0.25) is 5.91 Å². The molecule has 116 valence electrons. The Morgan fingerprint density at radius 2 is 2.05 bits per heavy atom. The highest BCUT2D eigenvalue weighted by atomic mass is 19.1. The van der Waals surface area contributed by atoms with E-state index in [1.807, 2.05) is 0 Å². The standard InChI is InChI=1S/C15H21FN2O3/c1-10-7-12(3-4-14(10)16)8-13(9-15(20)21)18-6-5-17-11(2)19/h3-4,7,13,18H,5-6,8-9H2,1-2H3,(H,17,19)(H,20,21). The average Bonchev–Trinajstić information content (AvgIpc) is 2.38. The summed E-state index contributed by atoms with van der Waals surface area (Å²) in [7, 11) is 0. The molecule has 0 spiro atoms. The number of amides is 1. The van der Waals surface area contributed by atoms with E-state index in [1.54, 1.807) is 19.1 Å². The van der Waals surface area contributed by atoms with Gasteiger partial charge in [-0.05, 0) is 30.5 Å². The summed E-state index contributed by atoms with van der Waals surface area (Å²) < 4.78 is 13.2. The van der Waals surface area contributed by atoms with Gasteiger partial charge in [-0.1, -0.05) is 12.1 Å². The predicted octanol–water partition coefficient (Wildman–Crippen LogP) is 1.25. The van der Waals surface area contributed by atoms with Crippen LogP contribution < -0.4 is 10.6 Å². The normalized spacial score (nSPS) is 12.0. The van der Waals surface area contributed by atoms with Crippen LogP contribution in [-0.2, 0) is 16.0 Å². The molecular weight excluding hydrogens is 275 g/mol. The van der Waals surface area contributed by atoms with Crippen LogP contribution in [-0.4, -0.2) is 36.1 Å². The molecule has 0 aliphatic carbocycles. The number of carboxylic acid groups (broad SMARTS) is 1.